The van der Waals surface area contributed by atoms with Crippen LogP contribution in [0.5, 0.6) is 0 Å². The van der Waals surface area contributed by atoms with Crippen molar-refractivity contribution < 1.29 is 0 Å². The van der Waals surface area contributed by atoms with E-state index in [4.69, 9.17) is 5.73 Å². The van der Waals surface area contributed by atoms with Crippen LogP contribution < -0.4 is 21.8 Å². The fraction of sp³-hybridized carbons (Fsp3) is 0.556. The number of nitrogens with one attached hydrogen (secondary N) is 2. The molecule has 1 aromatic heterocycles. The van der Waals surface area contributed by atoms with Crippen molar-refractivity contribution in [2.24, 2.45) is 5.73 Å². The fourth-order valence-corrected chi connectivity index (χ4v) is 3.07. The van der Waals surface area contributed by atoms with Crippen molar-refractivity contribution >= 4 is 16.5 Å². The van der Waals surface area contributed by atoms with E-state index in [1.165, 1.54) is 25.7 Å². The van der Waals surface area contributed by atoms with Crippen LogP contribution in [0.15, 0.2) is 27.8 Å². The van der Waals surface area contributed by atoms with E-state index in [0.29, 0.717) is 10.8 Å². The summed E-state index contributed by atoms with van der Waals surface area (Å²) in [6, 6.07) is 5.30. The van der Waals surface area contributed by atoms with Crippen LogP contribution in [-0.4, -0.2) is 22.9 Å². The van der Waals surface area contributed by atoms with Crippen molar-refractivity contribution in [3.8, 4) is 0 Å². The molecule has 1 aromatic carbocycles. The Kier molecular flexibility index (Phi) is 6.61. The number of aromatic nitrogens is 2. The molecule has 132 valence electrons. The molecule has 0 aliphatic carbocycles. The van der Waals surface area contributed by atoms with Gasteiger partial charge in [0.2, 0.25) is 0 Å². The van der Waals surface area contributed by atoms with E-state index in [0.717, 1.165) is 25.1 Å². The number of fused-ring (bicyclic) bond motifs is 1. The maximum absolute atomic E-state index is 12.0. The summed E-state index contributed by atoms with van der Waals surface area (Å²) in [6.45, 7) is 5.00. The minimum atomic E-state index is -0.296. The van der Waals surface area contributed by atoms with Gasteiger partial charge in [-0.25, -0.2) is 0 Å². The van der Waals surface area contributed by atoms with Gasteiger partial charge in [-0.05, 0) is 31.5 Å². The number of aromatic amines is 2. The van der Waals surface area contributed by atoms with Crippen LogP contribution in [-0.2, 0) is 0 Å². The van der Waals surface area contributed by atoms with Crippen LogP contribution in [0.2, 0.25) is 0 Å². The largest absolute Gasteiger partial charge is 0.356 e. The Morgan fingerprint density at radius 2 is 1.67 bits per heavy atom. The van der Waals surface area contributed by atoms with Crippen molar-refractivity contribution in [1.29, 1.82) is 0 Å². The zero-order valence-electron chi connectivity index (χ0n) is 14.6. The summed E-state index contributed by atoms with van der Waals surface area (Å²) in [5, 5.41) is 5.50. The summed E-state index contributed by atoms with van der Waals surface area (Å²) in [5.74, 6) is 0. The molecule has 0 saturated heterocycles. The van der Waals surface area contributed by atoms with Gasteiger partial charge in [0, 0.05) is 12.2 Å². The number of hydrogen-bond acceptors (Lipinski definition) is 4. The number of rotatable bonds is 9. The van der Waals surface area contributed by atoms with Gasteiger partial charge in [0.05, 0.1) is 16.9 Å². The molecule has 0 aliphatic heterocycles. The van der Waals surface area contributed by atoms with Crippen LogP contribution in [0, 0.1) is 0 Å². The lowest BCUT2D eigenvalue weighted by Crippen LogP contribution is -2.42. The SMILES string of the molecule is CCCCCCCC(N)N(CC)c1ccc2c(=O)[nH][nH]c(=O)c2c1. The summed E-state index contributed by atoms with van der Waals surface area (Å²) < 4.78 is 0. The second-order valence-electron chi connectivity index (χ2n) is 6.19. The van der Waals surface area contributed by atoms with Crippen LogP contribution in [0.3, 0.4) is 0 Å². The summed E-state index contributed by atoms with van der Waals surface area (Å²) in [5.41, 5.74) is 6.65. The molecular weight excluding hydrogens is 304 g/mol. The van der Waals surface area contributed by atoms with Crippen molar-refractivity contribution in [2.45, 2.75) is 58.5 Å². The van der Waals surface area contributed by atoms with Crippen LogP contribution in [0.4, 0.5) is 5.69 Å². The fourth-order valence-electron chi connectivity index (χ4n) is 3.07. The first-order valence-electron chi connectivity index (χ1n) is 8.85. The van der Waals surface area contributed by atoms with E-state index in [-0.39, 0.29) is 17.3 Å². The van der Waals surface area contributed by atoms with Gasteiger partial charge < -0.3 is 10.6 Å². The zero-order valence-corrected chi connectivity index (χ0v) is 14.6. The van der Waals surface area contributed by atoms with Crippen molar-refractivity contribution in [3.63, 3.8) is 0 Å². The van der Waals surface area contributed by atoms with E-state index in [2.05, 4.69) is 22.0 Å². The monoisotopic (exact) mass is 332 g/mol. The highest BCUT2D eigenvalue weighted by molar-refractivity contribution is 5.84. The van der Waals surface area contributed by atoms with Gasteiger partial charge in [0.15, 0.2) is 0 Å². The number of H-pyrrole nitrogens is 2. The van der Waals surface area contributed by atoms with Gasteiger partial charge >= 0.3 is 0 Å². The summed E-state index contributed by atoms with van der Waals surface area (Å²) in [6.07, 6.45) is 6.89. The Morgan fingerprint density at radius 3 is 2.33 bits per heavy atom. The van der Waals surface area contributed by atoms with E-state index >= 15 is 0 Å². The second kappa shape index (κ2) is 8.68. The third kappa shape index (κ3) is 4.26. The predicted octanol–water partition coefficient (Wildman–Crippen LogP) is 2.69. The molecule has 6 heteroatoms. The molecule has 6 nitrogen and oxygen atoms in total. The molecular formula is C18H28N4O2. The second-order valence-corrected chi connectivity index (χ2v) is 6.19. The number of anilines is 1. The van der Waals surface area contributed by atoms with Gasteiger partial charge in [0.25, 0.3) is 11.1 Å². The predicted molar refractivity (Wildman–Crippen MR) is 99.6 cm³/mol. The van der Waals surface area contributed by atoms with Gasteiger partial charge in [-0.15, -0.1) is 0 Å². The van der Waals surface area contributed by atoms with Gasteiger partial charge in [-0.1, -0.05) is 39.0 Å². The van der Waals surface area contributed by atoms with Crippen molar-refractivity contribution in [3.05, 3.63) is 38.9 Å². The van der Waals surface area contributed by atoms with Crippen molar-refractivity contribution in [2.75, 3.05) is 11.4 Å². The molecule has 1 atom stereocenters. The number of hydrogen-bond donors (Lipinski definition) is 3. The molecule has 4 N–H and O–H groups in total. The number of benzene rings is 1. The topological polar surface area (TPSA) is 95.0 Å². The lowest BCUT2D eigenvalue weighted by molar-refractivity contribution is 0.522. The van der Waals surface area contributed by atoms with E-state index < -0.39 is 0 Å². The highest BCUT2D eigenvalue weighted by Crippen LogP contribution is 2.21. The molecule has 2 rings (SSSR count). The molecule has 0 amide bonds. The van der Waals surface area contributed by atoms with Gasteiger partial charge in [0.1, 0.15) is 0 Å². The molecule has 0 saturated carbocycles. The summed E-state index contributed by atoms with van der Waals surface area (Å²) >= 11 is 0. The molecule has 0 bridgehead atoms. The van der Waals surface area contributed by atoms with Gasteiger partial charge in [-0.3, -0.25) is 19.8 Å². The Balaban J connectivity index is 2.15. The first-order chi connectivity index (χ1) is 11.6. The molecule has 1 unspecified atom stereocenters. The average Bonchev–Trinajstić information content (AvgIpc) is 2.59. The first kappa shape index (κ1) is 18.3. The smallest absolute Gasteiger partial charge is 0.270 e. The Morgan fingerprint density at radius 1 is 1.00 bits per heavy atom. The molecule has 2 aromatic rings. The van der Waals surface area contributed by atoms with E-state index in [9.17, 15) is 9.59 Å². The third-order valence-corrected chi connectivity index (χ3v) is 4.46. The lowest BCUT2D eigenvalue weighted by atomic mass is 10.1. The van der Waals surface area contributed by atoms with E-state index in [1.54, 1.807) is 12.1 Å². The maximum atomic E-state index is 12.0. The van der Waals surface area contributed by atoms with Gasteiger partial charge in [-0.2, -0.15) is 0 Å². The first-order valence-corrected chi connectivity index (χ1v) is 8.85. The minimum Gasteiger partial charge on any atom is -0.356 e. The summed E-state index contributed by atoms with van der Waals surface area (Å²) in [4.78, 5) is 25.8. The van der Waals surface area contributed by atoms with Crippen LogP contribution in [0.25, 0.3) is 10.8 Å². The third-order valence-electron chi connectivity index (χ3n) is 4.46. The number of unbranched alkanes of at least 4 members (excludes halogenated alkanes) is 4. The quantitative estimate of drug-likeness (QED) is 0.486. The standard InChI is InChI=1S/C18H28N4O2/c1-3-5-6-7-8-9-16(19)22(4-2)13-10-11-14-15(12-13)18(24)21-20-17(14)23/h10-12,16H,3-9,19H2,1-2H3,(H,20,23)(H,21,24). The molecule has 0 radical (unpaired) electrons. The minimum absolute atomic E-state index is 0.0878. The zero-order chi connectivity index (χ0) is 17.5. The van der Waals surface area contributed by atoms with Crippen molar-refractivity contribution in [1.82, 2.24) is 10.2 Å². The Hall–Kier alpha value is -2.08. The summed E-state index contributed by atoms with van der Waals surface area (Å²) in [7, 11) is 0. The Labute approximate surface area is 142 Å². The van der Waals surface area contributed by atoms with Crippen LogP contribution in [0.1, 0.15) is 52.4 Å². The molecule has 0 spiro atoms. The average molecular weight is 332 g/mol. The van der Waals surface area contributed by atoms with E-state index in [1.807, 2.05) is 13.0 Å². The molecule has 24 heavy (non-hydrogen) atoms. The number of nitrogens with zero attached hydrogens (tertiary/aromatic N) is 1. The lowest BCUT2D eigenvalue weighted by Gasteiger charge is -2.30. The molecule has 0 fully saturated rings. The maximum Gasteiger partial charge on any atom is 0.270 e. The molecule has 1 heterocycles. The molecule has 0 aliphatic rings. The Bertz CT molecular complexity index is 765. The normalized spacial score (nSPS) is 12.5. The highest BCUT2D eigenvalue weighted by Gasteiger charge is 2.14. The highest BCUT2D eigenvalue weighted by atomic mass is 16.1. The number of nitrogens with two attached hydrogens (primary N) is 1. The van der Waals surface area contributed by atoms with Crippen LogP contribution >= 0.6 is 0 Å².